The number of para-hydroxylation sites is 1. The highest BCUT2D eigenvalue weighted by molar-refractivity contribution is 7.89. The normalized spacial score (nSPS) is 15.8. The van der Waals surface area contributed by atoms with E-state index in [1.165, 1.54) is 22.5 Å². The quantitative estimate of drug-likeness (QED) is 0.751. The number of halogens is 1. The van der Waals surface area contributed by atoms with E-state index in [4.69, 9.17) is 16.3 Å². The van der Waals surface area contributed by atoms with Crippen LogP contribution in [0, 0.1) is 0 Å². The summed E-state index contributed by atoms with van der Waals surface area (Å²) in [7, 11) is -0.151. The number of methoxy groups -OCH3 is 1. The van der Waals surface area contributed by atoms with Gasteiger partial charge < -0.3 is 15.0 Å². The third-order valence-electron chi connectivity index (χ3n) is 4.86. The third kappa shape index (κ3) is 5.08. The van der Waals surface area contributed by atoms with Crippen LogP contribution in [0.15, 0.2) is 47.4 Å². The van der Waals surface area contributed by atoms with E-state index in [9.17, 15) is 13.2 Å². The Morgan fingerprint density at radius 2 is 1.83 bits per heavy atom. The number of rotatable bonds is 6. The van der Waals surface area contributed by atoms with Gasteiger partial charge in [-0.2, -0.15) is 4.31 Å². The summed E-state index contributed by atoms with van der Waals surface area (Å²) in [6.45, 7) is 2.21. The van der Waals surface area contributed by atoms with Gasteiger partial charge in [-0.3, -0.25) is 4.79 Å². The molecular formula is C20H24ClN3O4S. The van der Waals surface area contributed by atoms with Gasteiger partial charge in [0, 0.05) is 31.7 Å². The van der Waals surface area contributed by atoms with Gasteiger partial charge >= 0.3 is 0 Å². The van der Waals surface area contributed by atoms with Crippen molar-refractivity contribution in [3.05, 3.63) is 53.1 Å². The zero-order chi connectivity index (χ0) is 21.0. The van der Waals surface area contributed by atoms with Gasteiger partial charge in [-0.1, -0.05) is 29.8 Å². The smallest absolute Gasteiger partial charge is 0.243 e. The van der Waals surface area contributed by atoms with Gasteiger partial charge in [-0.25, -0.2) is 8.42 Å². The molecule has 3 rings (SSSR count). The third-order valence-corrected chi connectivity index (χ3v) is 7.08. The molecule has 0 saturated carbocycles. The molecule has 0 spiro atoms. The van der Waals surface area contributed by atoms with Crippen LogP contribution in [-0.2, 0) is 21.2 Å². The highest BCUT2D eigenvalue weighted by Crippen LogP contribution is 2.28. The van der Waals surface area contributed by atoms with E-state index < -0.39 is 10.0 Å². The molecule has 1 heterocycles. The number of nitrogens with zero attached hydrogens (tertiary/aromatic N) is 2. The van der Waals surface area contributed by atoms with Crippen LogP contribution in [0.5, 0.6) is 5.75 Å². The number of carbonyl (C=O) groups excluding carboxylic acids is 1. The van der Waals surface area contributed by atoms with Crippen LogP contribution in [0.3, 0.4) is 0 Å². The summed E-state index contributed by atoms with van der Waals surface area (Å²) in [4.78, 5) is 14.7. The van der Waals surface area contributed by atoms with Crippen LogP contribution in [0.25, 0.3) is 0 Å². The number of amides is 1. The molecule has 0 bridgehead atoms. The first kappa shape index (κ1) is 21.6. The van der Waals surface area contributed by atoms with Crippen molar-refractivity contribution in [2.45, 2.75) is 11.3 Å². The van der Waals surface area contributed by atoms with Gasteiger partial charge in [0.05, 0.1) is 29.1 Å². The minimum Gasteiger partial charge on any atom is -0.496 e. The summed E-state index contributed by atoms with van der Waals surface area (Å²) in [5.74, 6) is 0.297. The predicted molar refractivity (Wildman–Crippen MR) is 113 cm³/mol. The van der Waals surface area contributed by atoms with E-state index in [0.29, 0.717) is 31.9 Å². The first-order chi connectivity index (χ1) is 13.8. The van der Waals surface area contributed by atoms with Gasteiger partial charge in [-0.05, 0) is 31.3 Å². The minimum absolute atomic E-state index is 0.0791. The highest BCUT2D eigenvalue weighted by Gasteiger charge is 2.28. The van der Waals surface area contributed by atoms with Crippen molar-refractivity contribution in [1.82, 2.24) is 9.21 Å². The molecule has 7 nitrogen and oxygen atoms in total. The molecule has 1 amide bonds. The summed E-state index contributed by atoms with van der Waals surface area (Å²) in [6.07, 6.45) is 0.0791. The molecule has 0 aliphatic carbocycles. The lowest BCUT2D eigenvalue weighted by Crippen LogP contribution is -2.47. The van der Waals surface area contributed by atoms with E-state index in [-0.39, 0.29) is 27.9 Å². The van der Waals surface area contributed by atoms with Crippen LogP contribution >= 0.6 is 11.6 Å². The van der Waals surface area contributed by atoms with Crippen LogP contribution in [0.1, 0.15) is 5.56 Å². The summed E-state index contributed by atoms with van der Waals surface area (Å²) in [6, 6.07) is 11.6. The van der Waals surface area contributed by atoms with Gasteiger partial charge in [0.25, 0.3) is 0 Å². The summed E-state index contributed by atoms with van der Waals surface area (Å²) >= 11 is 6.20. The number of likely N-dealkylation sites (N-methyl/N-ethyl adjacent to an activating group) is 1. The first-order valence-electron chi connectivity index (χ1n) is 9.21. The number of hydrogen-bond donors (Lipinski definition) is 1. The van der Waals surface area contributed by atoms with Crippen LogP contribution < -0.4 is 10.1 Å². The standard InChI is InChI=1S/C20H24ClN3O4S/c1-23-9-11-24(12-10-23)29(26,27)16-7-8-17(21)18(14-16)22-20(25)13-15-5-3-4-6-19(15)28-2/h3-8,14H,9-13H2,1-2H3,(H,22,25). The fourth-order valence-corrected chi connectivity index (χ4v) is 4.77. The number of hydrogen-bond acceptors (Lipinski definition) is 5. The zero-order valence-corrected chi connectivity index (χ0v) is 18.0. The Hall–Kier alpha value is -2.13. The molecule has 1 fully saturated rings. The lowest BCUT2D eigenvalue weighted by atomic mass is 10.1. The molecule has 2 aromatic rings. The Kier molecular flexibility index (Phi) is 6.79. The Labute approximate surface area is 176 Å². The van der Waals surface area contributed by atoms with Crippen LogP contribution in [-0.4, -0.2) is 63.9 Å². The number of piperazine rings is 1. The highest BCUT2D eigenvalue weighted by atomic mass is 35.5. The summed E-state index contributed by atoms with van der Waals surface area (Å²) in [5.41, 5.74) is 0.992. The SMILES string of the molecule is COc1ccccc1CC(=O)Nc1cc(S(=O)(=O)N2CCN(C)CC2)ccc1Cl. The molecule has 0 unspecified atom stereocenters. The minimum atomic E-state index is -3.65. The number of sulfonamides is 1. The van der Waals surface area contributed by atoms with Crippen molar-refractivity contribution in [2.24, 2.45) is 0 Å². The van der Waals surface area contributed by atoms with Gasteiger partial charge in [0.2, 0.25) is 15.9 Å². The van der Waals surface area contributed by atoms with E-state index in [1.807, 2.05) is 19.2 Å². The molecular weight excluding hydrogens is 414 g/mol. The summed E-state index contributed by atoms with van der Waals surface area (Å²) in [5, 5.41) is 2.99. The average Bonchev–Trinajstić information content (AvgIpc) is 2.70. The van der Waals surface area contributed by atoms with Crippen molar-refractivity contribution in [3.8, 4) is 5.75 Å². The second kappa shape index (κ2) is 9.13. The fourth-order valence-electron chi connectivity index (χ4n) is 3.15. The molecule has 1 aliphatic heterocycles. The lowest BCUT2D eigenvalue weighted by Gasteiger charge is -2.31. The molecule has 0 aromatic heterocycles. The maximum absolute atomic E-state index is 13.0. The first-order valence-corrected chi connectivity index (χ1v) is 11.0. The topological polar surface area (TPSA) is 78.9 Å². The molecule has 156 valence electrons. The zero-order valence-electron chi connectivity index (χ0n) is 16.4. The van der Waals surface area contributed by atoms with Crippen molar-refractivity contribution >= 4 is 33.2 Å². The van der Waals surface area contributed by atoms with E-state index in [1.54, 1.807) is 19.2 Å². The number of benzene rings is 2. The molecule has 29 heavy (non-hydrogen) atoms. The van der Waals surface area contributed by atoms with Gasteiger partial charge in [0.1, 0.15) is 5.75 Å². The number of ether oxygens (including phenoxy) is 1. The number of carbonyl (C=O) groups is 1. The van der Waals surface area contributed by atoms with Crippen LogP contribution in [0.2, 0.25) is 5.02 Å². The maximum Gasteiger partial charge on any atom is 0.243 e. The summed E-state index contributed by atoms with van der Waals surface area (Å²) < 4.78 is 32.6. The van der Waals surface area contributed by atoms with Gasteiger partial charge in [-0.15, -0.1) is 0 Å². The number of anilines is 1. The fraction of sp³-hybridized carbons (Fsp3) is 0.350. The van der Waals surface area contributed by atoms with E-state index in [2.05, 4.69) is 10.2 Å². The second-order valence-electron chi connectivity index (χ2n) is 6.89. The van der Waals surface area contributed by atoms with Gasteiger partial charge in [0.15, 0.2) is 0 Å². The average molecular weight is 438 g/mol. The molecule has 1 saturated heterocycles. The number of nitrogens with one attached hydrogen (secondary N) is 1. The van der Waals surface area contributed by atoms with Crippen molar-refractivity contribution < 1.29 is 17.9 Å². The Bertz CT molecular complexity index is 989. The Morgan fingerprint density at radius 1 is 1.14 bits per heavy atom. The monoisotopic (exact) mass is 437 g/mol. The largest absolute Gasteiger partial charge is 0.496 e. The van der Waals surface area contributed by atoms with Crippen molar-refractivity contribution in [3.63, 3.8) is 0 Å². The predicted octanol–water partition coefficient (Wildman–Crippen LogP) is 2.47. The van der Waals surface area contributed by atoms with E-state index >= 15 is 0 Å². The molecule has 2 aromatic carbocycles. The maximum atomic E-state index is 13.0. The molecule has 1 aliphatic rings. The molecule has 1 N–H and O–H groups in total. The Morgan fingerprint density at radius 3 is 2.52 bits per heavy atom. The van der Waals surface area contributed by atoms with Crippen molar-refractivity contribution in [2.75, 3.05) is 45.7 Å². The molecule has 0 radical (unpaired) electrons. The second-order valence-corrected chi connectivity index (χ2v) is 9.23. The van der Waals surface area contributed by atoms with Crippen molar-refractivity contribution in [1.29, 1.82) is 0 Å². The lowest BCUT2D eigenvalue weighted by molar-refractivity contribution is -0.115. The van der Waals surface area contributed by atoms with E-state index in [0.717, 1.165) is 5.56 Å². The Balaban J connectivity index is 1.77. The molecule has 0 atom stereocenters. The van der Waals surface area contributed by atoms with Crippen LogP contribution in [0.4, 0.5) is 5.69 Å². The molecule has 9 heteroatoms.